The number of benzene rings is 1. The minimum absolute atomic E-state index is 0.0213. The number of nitro groups is 1. The smallest absolute Gasteiger partial charge is 0.339 e. The van der Waals surface area contributed by atoms with Crippen molar-refractivity contribution in [2.24, 2.45) is 0 Å². The third-order valence-corrected chi connectivity index (χ3v) is 2.41. The molecule has 7 heteroatoms. The lowest BCUT2D eigenvalue weighted by atomic mass is 10.1. The van der Waals surface area contributed by atoms with Gasteiger partial charge in [0.2, 0.25) is 5.75 Å². The third-order valence-electron chi connectivity index (χ3n) is 2.41. The van der Waals surface area contributed by atoms with Gasteiger partial charge in [-0.15, -0.1) is 0 Å². The van der Waals surface area contributed by atoms with Gasteiger partial charge in [-0.25, -0.2) is 4.79 Å². The maximum absolute atomic E-state index is 11.1. The largest absolute Gasteiger partial charge is 0.493 e. The van der Waals surface area contributed by atoms with Crippen LogP contribution in [-0.2, 0) is 0 Å². The van der Waals surface area contributed by atoms with E-state index in [1.165, 1.54) is 6.07 Å². The molecule has 0 unspecified atom stereocenters. The van der Waals surface area contributed by atoms with Crippen LogP contribution in [-0.4, -0.2) is 29.2 Å². The summed E-state index contributed by atoms with van der Waals surface area (Å²) in [6, 6.07) is 2.24. The first-order valence-corrected chi connectivity index (χ1v) is 6.32. The Balaban J connectivity index is 3.27. The number of carboxylic acids is 1. The van der Waals surface area contributed by atoms with E-state index in [0.29, 0.717) is 26.1 Å². The summed E-state index contributed by atoms with van der Waals surface area (Å²) in [5, 5.41) is 20.1. The molecule has 7 nitrogen and oxygen atoms in total. The first-order valence-electron chi connectivity index (χ1n) is 6.32. The van der Waals surface area contributed by atoms with Gasteiger partial charge in [0.1, 0.15) is 11.3 Å². The monoisotopic (exact) mass is 283 g/mol. The Hall–Kier alpha value is -2.31. The van der Waals surface area contributed by atoms with E-state index >= 15 is 0 Å². The van der Waals surface area contributed by atoms with E-state index in [1.54, 1.807) is 0 Å². The van der Waals surface area contributed by atoms with Gasteiger partial charge >= 0.3 is 11.7 Å². The van der Waals surface area contributed by atoms with Crippen LogP contribution in [0.3, 0.4) is 0 Å². The summed E-state index contributed by atoms with van der Waals surface area (Å²) in [4.78, 5) is 21.5. The van der Waals surface area contributed by atoms with Gasteiger partial charge in [0, 0.05) is 12.1 Å². The van der Waals surface area contributed by atoms with E-state index in [1.807, 2.05) is 13.8 Å². The number of ether oxygens (including phenoxy) is 2. The lowest BCUT2D eigenvalue weighted by molar-refractivity contribution is -0.385. The molecule has 0 aliphatic rings. The predicted molar refractivity (Wildman–Crippen MR) is 71.6 cm³/mol. The van der Waals surface area contributed by atoms with Crippen molar-refractivity contribution < 1.29 is 24.3 Å². The molecule has 0 aliphatic carbocycles. The standard InChI is InChI=1S/C13H17NO6/c1-3-5-19-11-8-12(20-6-4-2)10(14(17)18)7-9(11)13(15)16/h7-8H,3-6H2,1-2H3,(H,15,16). The van der Waals surface area contributed by atoms with Crippen LogP contribution in [0.4, 0.5) is 5.69 Å². The molecule has 20 heavy (non-hydrogen) atoms. The predicted octanol–water partition coefficient (Wildman–Crippen LogP) is 2.87. The molecule has 0 heterocycles. The second-order valence-corrected chi connectivity index (χ2v) is 4.08. The van der Waals surface area contributed by atoms with Crippen LogP contribution >= 0.6 is 0 Å². The number of nitrogens with zero attached hydrogens (tertiary/aromatic N) is 1. The zero-order valence-corrected chi connectivity index (χ0v) is 11.4. The summed E-state index contributed by atoms with van der Waals surface area (Å²) < 4.78 is 10.6. The third kappa shape index (κ3) is 3.84. The molecule has 0 saturated carbocycles. The van der Waals surface area contributed by atoms with E-state index in [-0.39, 0.29) is 22.7 Å². The van der Waals surface area contributed by atoms with Crippen molar-refractivity contribution in [2.75, 3.05) is 13.2 Å². The minimum Gasteiger partial charge on any atom is -0.493 e. The highest BCUT2D eigenvalue weighted by Crippen LogP contribution is 2.35. The van der Waals surface area contributed by atoms with Crippen molar-refractivity contribution in [1.82, 2.24) is 0 Å². The summed E-state index contributed by atoms with van der Waals surface area (Å²) in [6.07, 6.45) is 1.38. The quantitative estimate of drug-likeness (QED) is 0.581. The molecule has 110 valence electrons. The molecule has 0 radical (unpaired) electrons. The zero-order chi connectivity index (χ0) is 15.1. The molecule has 0 bridgehead atoms. The number of hydrogen-bond donors (Lipinski definition) is 1. The molecule has 0 fully saturated rings. The first-order chi connectivity index (χ1) is 9.51. The Bertz CT molecular complexity index is 459. The molecule has 0 aliphatic heterocycles. The van der Waals surface area contributed by atoms with Crippen LogP contribution in [0.5, 0.6) is 11.5 Å². The van der Waals surface area contributed by atoms with E-state index in [0.717, 1.165) is 6.07 Å². The van der Waals surface area contributed by atoms with Crippen LogP contribution in [0, 0.1) is 10.1 Å². The van der Waals surface area contributed by atoms with Gasteiger partial charge in [0.05, 0.1) is 18.1 Å². The van der Waals surface area contributed by atoms with Gasteiger partial charge in [-0.3, -0.25) is 10.1 Å². The lowest BCUT2D eigenvalue weighted by Crippen LogP contribution is -2.07. The lowest BCUT2D eigenvalue weighted by Gasteiger charge is -2.11. The summed E-state index contributed by atoms with van der Waals surface area (Å²) >= 11 is 0. The number of carboxylic acid groups (broad SMARTS) is 1. The highest BCUT2D eigenvalue weighted by molar-refractivity contribution is 5.92. The number of aromatic carboxylic acids is 1. The second kappa shape index (κ2) is 7.32. The number of carbonyl (C=O) groups is 1. The maximum Gasteiger partial charge on any atom is 0.339 e. The minimum atomic E-state index is -1.28. The van der Waals surface area contributed by atoms with Gasteiger partial charge in [0.25, 0.3) is 0 Å². The van der Waals surface area contributed by atoms with Gasteiger partial charge in [-0.2, -0.15) is 0 Å². The number of nitro benzene ring substituents is 1. The summed E-state index contributed by atoms with van der Waals surface area (Å²) in [7, 11) is 0. The Morgan fingerprint density at radius 1 is 1.20 bits per heavy atom. The number of rotatable bonds is 8. The molecule has 1 aromatic rings. The second-order valence-electron chi connectivity index (χ2n) is 4.08. The molecule has 1 aromatic carbocycles. The van der Waals surface area contributed by atoms with Crippen molar-refractivity contribution in [1.29, 1.82) is 0 Å². The maximum atomic E-state index is 11.1. The fraction of sp³-hybridized carbons (Fsp3) is 0.462. The van der Waals surface area contributed by atoms with E-state index < -0.39 is 10.9 Å². The average molecular weight is 283 g/mol. The van der Waals surface area contributed by atoms with Crippen LogP contribution in [0.1, 0.15) is 37.0 Å². The van der Waals surface area contributed by atoms with Crippen molar-refractivity contribution in [2.45, 2.75) is 26.7 Å². The summed E-state index contributed by atoms with van der Waals surface area (Å²) in [6.45, 7) is 4.37. The van der Waals surface area contributed by atoms with E-state index in [4.69, 9.17) is 14.6 Å². The van der Waals surface area contributed by atoms with Crippen molar-refractivity contribution in [3.8, 4) is 11.5 Å². The van der Waals surface area contributed by atoms with Crippen molar-refractivity contribution >= 4 is 11.7 Å². The van der Waals surface area contributed by atoms with Gasteiger partial charge in [-0.1, -0.05) is 13.8 Å². The zero-order valence-electron chi connectivity index (χ0n) is 11.4. The first kappa shape index (κ1) is 15.7. The molecule has 1 N–H and O–H groups in total. The highest BCUT2D eigenvalue weighted by atomic mass is 16.6. The normalized spacial score (nSPS) is 10.1. The molecular weight excluding hydrogens is 266 g/mol. The Morgan fingerprint density at radius 2 is 1.75 bits per heavy atom. The summed E-state index contributed by atoms with van der Waals surface area (Å²) in [5.74, 6) is -1.18. The van der Waals surface area contributed by atoms with Crippen LogP contribution < -0.4 is 9.47 Å². The highest BCUT2D eigenvalue weighted by Gasteiger charge is 2.23. The molecule has 1 rings (SSSR count). The van der Waals surface area contributed by atoms with E-state index in [2.05, 4.69) is 0 Å². The SMILES string of the molecule is CCCOc1cc(OCCC)c([N+](=O)[O-])cc1C(=O)O. The molecule has 0 aromatic heterocycles. The molecular formula is C13H17NO6. The Kier molecular flexibility index (Phi) is 5.76. The van der Waals surface area contributed by atoms with Crippen LogP contribution in [0.15, 0.2) is 12.1 Å². The fourth-order valence-corrected chi connectivity index (χ4v) is 1.52. The topological polar surface area (TPSA) is 98.9 Å². The molecule has 0 atom stereocenters. The number of hydrogen-bond acceptors (Lipinski definition) is 5. The average Bonchev–Trinajstić information content (AvgIpc) is 2.41. The van der Waals surface area contributed by atoms with Gasteiger partial charge in [0.15, 0.2) is 0 Å². The van der Waals surface area contributed by atoms with Crippen LogP contribution in [0.2, 0.25) is 0 Å². The van der Waals surface area contributed by atoms with E-state index in [9.17, 15) is 14.9 Å². The molecule has 0 amide bonds. The Morgan fingerprint density at radius 3 is 2.20 bits per heavy atom. The van der Waals surface area contributed by atoms with Gasteiger partial charge < -0.3 is 14.6 Å². The van der Waals surface area contributed by atoms with Crippen molar-refractivity contribution in [3.05, 3.63) is 27.8 Å². The van der Waals surface area contributed by atoms with Gasteiger partial charge in [-0.05, 0) is 12.8 Å². The fourth-order valence-electron chi connectivity index (χ4n) is 1.52. The van der Waals surface area contributed by atoms with Crippen molar-refractivity contribution in [3.63, 3.8) is 0 Å². The van der Waals surface area contributed by atoms with Crippen LogP contribution in [0.25, 0.3) is 0 Å². The molecule has 0 saturated heterocycles. The Labute approximate surface area is 116 Å². The molecule has 0 spiro atoms. The summed E-state index contributed by atoms with van der Waals surface area (Å²) in [5.41, 5.74) is -0.617.